The lowest BCUT2D eigenvalue weighted by molar-refractivity contribution is -0.139. The number of hydrogen-bond acceptors (Lipinski definition) is 6. The number of rotatable bonds is 7. The Kier molecular flexibility index (Phi) is 9.01. The molecule has 1 heterocycles. The maximum atomic E-state index is 15.3. The van der Waals surface area contributed by atoms with Crippen molar-refractivity contribution in [3.8, 4) is 11.6 Å². The van der Waals surface area contributed by atoms with Crippen LogP contribution in [0.3, 0.4) is 0 Å². The highest BCUT2D eigenvalue weighted by molar-refractivity contribution is 6.04. The van der Waals surface area contributed by atoms with Crippen LogP contribution in [0.1, 0.15) is 81.0 Å². The topological polar surface area (TPSA) is 89.0 Å². The third-order valence-electron chi connectivity index (χ3n) is 6.70. The number of aliphatic hydroxyl groups excluding tert-OH is 1. The molecule has 0 spiro atoms. The monoisotopic (exact) mass is 540 g/mol. The molecule has 1 fully saturated rings. The standard InChI is InChI=1S/C27H32F4N2O5/c1-14(2)33(25(35)17-8-6-15(3)7-9-17)22-12-21(28)23(11-19(22)26(36)37-5)38-24-20(27(29,30)31)10-18(13-32-24)16(4)34/h10-17,34H,6-9H2,1-5H3. The number of pyridine rings is 1. The molecule has 0 radical (unpaired) electrons. The number of halogens is 4. The van der Waals surface area contributed by atoms with E-state index in [2.05, 4.69) is 11.9 Å². The highest BCUT2D eigenvalue weighted by atomic mass is 19.4. The number of esters is 1. The molecule has 11 heteroatoms. The van der Waals surface area contributed by atoms with Gasteiger partial charge in [0.2, 0.25) is 11.8 Å². The molecule has 7 nitrogen and oxygen atoms in total. The molecular formula is C27H32F4N2O5. The van der Waals surface area contributed by atoms with Crippen molar-refractivity contribution in [2.75, 3.05) is 12.0 Å². The van der Waals surface area contributed by atoms with Crippen LogP contribution < -0.4 is 9.64 Å². The lowest BCUT2D eigenvalue weighted by Gasteiger charge is -2.34. The van der Waals surface area contributed by atoms with Gasteiger partial charge in [-0.05, 0) is 64.0 Å². The second kappa shape index (κ2) is 11.7. The predicted octanol–water partition coefficient (Wildman–Crippen LogP) is 6.44. The zero-order valence-corrected chi connectivity index (χ0v) is 21.9. The molecular weight excluding hydrogens is 508 g/mol. The number of anilines is 1. The Morgan fingerprint density at radius 1 is 1.11 bits per heavy atom. The molecule has 1 aliphatic rings. The molecule has 208 valence electrons. The van der Waals surface area contributed by atoms with Crippen molar-refractivity contribution >= 4 is 17.6 Å². The third-order valence-corrected chi connectivity index (χ3v) is 6.70. The number of aromatic nitrogens is 1. The van der Waals surface area contributed by atoms with Gasteiger partial charge in [-0.3, -0.25) is 4.79 Å². The molecule has 0 aliphatic heterocycles. The molecule has 1 N–H and O–H groups in total. The van der Waals surface area contributed by atoms with Crippen LogP contribution in [0.2, 0.25) is 0 Å². The highest BCUT2D eigenvalue weighted by Crippen LogP contribution is 2.40. The predicted molar refractivity (Wildman–Crippen MR) is 131 cm³/mol. The number of amides is 1. The molecule has 1 amide bonds. The number of benzene rings is 1. The van der Waals surface area contributed by atoms with Crippen LogP contribution in [0.5, 0.6) is 11.6 Å². The molecule has 1 aromatic carbocycles. The molecule has 2 aromatic rings. The Morgan fingerprint density at radius 3 is 2.26 bits per heavy atom. The van der Waals surface area contributed by atoms with Crippen LogP contribution in [-0.4, -0.2) is 35.1 Å². The lowest BCUT2D eigenvalue weighted by Crippen LogP contribution is -2.43. The fourth-order valence-corrected chi connectivity index (χ4v) is 4.53. The average Bonchev–Trinajstić information content (AvgIpc) is 2.84. The second-order valence-electron chi connectivity index (χ2n) is 9.95. The van der Waals surface area contributed by atoms with Crippen LogP contribution >= 0.6 is 0 Å². The summed E-state index contributed by atoms with van der Waals surface area (Å²) in [6, 6.07) is 2.00. The lowest BCUT2D eigenvalue weighted by atomic mass is 9.82. The molecule has 1 atom stereocenters. The summed E-state index contributed by atoms with van der Waals surface area (Å²) >= 11 is 0. The second-order valence-corrected chi connectivity index (χ2v) is 9.95. The van der Waals surface area contributed by atoms with Crippen molar-refractivity contribution < 1.29 is 41.7 Å². The molecule has 38 heavy (non-hydrogen) atoms. The van der Waals surface area contributed by atoms with Gasteiger partial charge in [-0.15, -0.1) is 0 Å². The van der Waals surface area contributed by atoms with Gasteiger partial charge >= 0.3 is 12.1 Å². The van der Waals surface area contributed by atoms with Gasteiger partial charge in [0.25, 0.3) is 0 Å². The summed E-state index contributed by atoms with van der Waals surface area (Å²) in [6.07, 6.45) is -2.11. The molecule has 1 saturated carbocycles. The minimum atomic E-state index is -4.92. The molecule has 1 aliphatic carbocycles. The van der Waals surface area contributed by atoms with Gasteiger partial charge in [0.05, 0.1) is 24.5 Å². The van der Waals surface area contributed by atoms with E-state index in [0.717, 1.165) is 38.3 Å². The molecule has 0 bridgehead atoms. The van der Waals surface area contributed by atoms with Gasteiger partial charge < -0.3 is 19.5 Å². The van der Waals surface area contributed by atoms with Crippen molar-refractivity contribution in [1.82, 2.24) is 4.98 Å². The number of nitrogens with zero attached hydrogens (tertiary/aromatic N) is 2. The number of alkyl halides is 3. The molecule has 3 rings (SSSR count). The number of methoxy groups -OCH3 is 1. The first-order chi connectivity index (χ1) is 17.7. The minimum Gasteiger partial charge on any atom is -0.465 e. The number of aliphatic hydroxyl groups is 1. The van der Waals surface area contributed by atoms with Crippen LogP contribution in [0.4, 0.5) is 23.2 Å². The van der Waals surface area contributed by atoms with Crippen molar-refractivity contribution in [3.63, 3.8) is 0 Å². The van der Waals surface area contributed by atoms with E-state index in [-0.39, 0.29) is 28.6 Å². The average molecular weight is 541 g/mol. The number of carbonyl (C=O) groups excluding carboxylic acids is 2. The Hall–Kier alpha value is -3.21. The summed E-state index contributed by atoms with van der Waals surface area (Å²) in [5.41, 5.74) is -1.75. The normalized spacial score (nSPS) is 18.7. The fraction of sp³-hybridized carbons (Fsp3) is 0.519. The van der Waals surface area contributed by atoms with E-state index in [1.165, 1.54) is 11.8 Å². The molecule has 1 unspecified atom stereocenters. The van der Waals surface area contributed by atoms with Gasteiger partial charge in [0.1, 0.15) is 5.56 Å². The first-order valence-corrected chi connectivity index (χ1v) is 12.4. The van der Waals surface area contributed by atoms with Crippen molar-refractivity contribution in [2.24, 2.45) is 11.8 Å². The van der Waals surface area contributed by atoms with Gasteiger partial charge in [0.15, 0.2) is 11.6 Å². The highest BCUT2D eigenvalue weighted by Gasteiger charge is 2.37. The number of hydrogen-bond donors (Lipinski definition) is 1. The van der Waals surface area contributed by atoms with E-state index in [1.807, 2.05) is 0 Å². The first kappa shape index (κ1) is 29.3. The van der Waals surface area contributed by atoms with E-state index < -0.39 is 47.3 Å². The quantitative estimate of drug-likeness (QED) is 0.321. The maximum absolute atomic E-state index is 15.3. The van der Waals surface area contributed by atoms with E-state index >= 15 is 4.39 Å². The SMILES string of the molecule is COC(=O)c1cc(Oc2ncc(C(C)O)cc2C(F)(F)F)c(F)cc1N(C(=O)C1CCC(C)CC1)C(C)C. The molecule has 0 saturated heterocycles. The zero-order valence-electron chi connectivity index (χ0n) is 21.9. The largest absolute Gasteiger partial charge is 0.465 e. The van der Waals surface area contributed by atoms with Gasteiger partial charge in [-0.2, -0.15) is 13.2 Å². The smallest absolute Gasteiger partial charge is 0.421 e. The number of carbonyl (C=O) groups is 2. The Labute approximate surface area is 218 Å². The first-order valence-electron chi connectivity index (χ1n) is 12.4. The van der Waals surface area contributed by atoms with Crippen LogP contribution in [0.25, 0.3) is 0 Å². The van der Waals surface area contributed by atoms with Crippen molar-refractivity contribution in [1.29, 1.82) is 0 Å². The summed E-state index contributed by atoms with van der Waals surface area (Å²) in [5.74, 6) is -3.76. The van der Waals surface area contributed by atoms with Gasteiger partial charge in [0, 0.05) is 30.3 Å². The van der Waals surface area contributed by atoms with E-state index in [0.29, 0.717) is 24.8 Å². The third kappa shape index (κ3) is 6.43. The Balaban J connectivity index is 2.08. The summed E-state index contributed by atoms with van der Waals surface area (Å²) in [5, 5.41) is 9.65. The Bertz CT molecular complexity index is 1170. The summed E-state index contributed by atoms with van der Waals surface area (Å²) in [4.78, 5) is 31.2. The van der Waals surface area contributed by atoms with Crippen LogP contribution in [-0.2, 0) is 15.7 Å². The number of ether oxygens (including phenoxy) is 2. The minimum absolute atomic E-state index is 0.0613. The van der Waals surface area contributed by atoms with Crippen molar-refractivity contribution in [2.45, 2.75) is 71.7 Å². The van der Waals surface area contributed by atoms with Crippen LogP contribution in [0.15, 0.2) is 24.4 Å². The van der Waals surface area contributed by atoms with Crippen LogP contribution in [0, 0.1) is 17.7 Å². The Morgan fingerprint density at radius 2 is 1.74 bits per heavy atom. The summed E-state index contributed by atoms with van der Waals surface area (Å²) in [7, 11) is 1.10. The van der Waals surface area contributed by atoms with Gasteiger partial charge in [-0.1, -0.05) is 6.92 Å². The van der Waals surface area contributed by atoms with Gasteiger partial charge in [-0.25, -0.2) is 14.2 Å². The van der Waals surface area contributed by atoms with Crippen molar-refractivity contribution in [3.05, 3.63) is 46.9 Å². The zero-order chi connectivity index (χ0) is 28.4. The summed E-state index contributed by atoms with van der Waals surface area (Å²) in [6.45, 7) is 6.82. The van der Waals surface area contributed by atoms with E-state index in [1.54, 1.807) is 13.8 Å². The fourth-order valence-electron chi connectivity index (χ4n) is 4.53. The summed E-state index contributed by atoms with van der Waals surface area (Å²) < 4.78 is 66.5. The maximum Gasteiger partial charge on any atom is 0.421 e. The van der Waals surface area contributed by atoms with E-state index in [9.17, 15) is 27.9 Å². The van der Waals surface area contributed by atoms with E-state index in [4.69, 9.17) is 9.47 Å². The molecule has 1 aromatic heterocycles.